The zero-order valence-corrected chi connectivity index (χ0v) is 27.0. The monoisotopic (exact) mass is 670 g/mol. The number of aliphatic hydroxyl groups is 6. The van der Waals surface area contributed by atoms with Crippen LogP contribution in [0.4, 0.5) is 0 Å². The zero-order chi connectivity index (χ0) is 35.1. The van der Waals surface area contributed by atoms with Gasteiger partial charge in [0.05, 0.1) is 48.8 Å². The Balaban J connectivity index is 1.67. The Morgan fingerprint density at radius 1 is 1.11 bits per heavy atom. The number of epoxide rings is 1. The highest BCUT2D eigenvalue weighted by atomic mass is 16.7. The summed E-state index contributed by atoms with van der Waals surface area (Å²) in [6, 6.07) is 1.54. The third kappa shape index (κ3) is 5.08. The molecule has 1 aromatic rings. The molecule has 47 heavy (non-hydrogen) atoms. The average molecular weight is 671 g/mol. The number of rotatable bonds is 10. The Labute approximate surface area is 271 Å². The van der Waals surface area contributed by atoms with Gasteiger partial charge >= 0.3 is 11.9 Å². The highest BCUT2D eigenvalue weighted by Crippen LogP contribution is 2.77. The molecule has 4 aliphatic rings. The molecule has 0 aromatic carbocycles. The normalized spacial score (nSPS) is 44.9. The Morgan fingerprint density at radius 3 is 2.28 bits per heavy atom. The van der Waals surface area contributed by atoms with Crippen molar-refractivity contribution >= 4 is 17.7 Å². The van der Waals surface area contributed by atoms with Crippen molar-refractivity contribution in [2.24, 2.45) is 28.1 Å². The van der Waals surface area contributed by atoms with Gasteiger partial charge in [0, 0.05) is 28.7 Å². The number of carbonyl (C=O) groups is 3. The largest absolute Gasteiger partial charge is 0.481 e. The van der Waals surface area contributed by atoms with Crippen molar-refractivity contribution < 1.29 is 73.9 Å². The fourth-order valence-electron chi connectivity index (χ4n) is 9.69. The summed E-state index contributed by atoms with van der Waals surface area (Å²) in [5, 5.41) is 84.4. The topological polar surface area (TPSA) is 257 Å². The number of aliphatic carboxylic acids is 2. The van der Waals surface area contributed by atoms with E-state index in [4.69, 9.17) is 18.6 Å². The molecule has 2 saturated carbocycles. The van der Waals surface area contributed by atoms with Crippen LogP contribution in [0.5, 0.6) is 0 Å². The van der Waals surface area contributed by atoms with Crippen molar-refractivity contribution in [1.82, 2.24) is 0 Å². The van der Waals surface area contributed by atoms with Crippen LogP contribution < -0.4 is 0 Å². The van der Waals surface area contributed by atoms with E-state index in [2.05, 4.69) is 0 Å². The van der Waals surface area contributed by atoms with Gasteiger partial charge in [-0.05, 0) is 45.6 Å². The molecule has 1 spiro atoms. The number of carboxylic acid groups (broad SMARTS) is 2. The lowest BCUT2D eigenvalue weighted by Crippen LogP contribution is -2.72. The molecule has 4 fully saturated rings. The van der Waals surface area contributed by atoms with E-state index in [1.54, 1.807) is 20.8 Å². The fourth-order valence-corrected chi connectivity index (χ4v) is 9.69. The Hall–Kier alpha value is -2.47. The van der Waals surface area contributed by atoms with Crippen molar-refractivity contribution in [2.75, 3.05) is 6.61 Å². The van der Waals surface area contributed by atoms with Crippen LogP contribution >= 0.6 is 0 Å². The minimum absolute atomic E-state index is 0.0749. The molecule has 2 aliphatic carbocycles. The third-order valence-electron chi connectivity index (χ3n) is 12.1. The number of furan rings is 1. The van der Waals surface area contributed by atoms with Crippen LogP contribution in [-0.4, -0.2) is 119 Å². The second-order valence-corrected chi connectivity index (χ2v) is 14.9. The first-order valence-corrected chi connectivity index (χ1v) is 15.8. The minimum Gasteiger partial charge on any atom is -0.481 e. The summed E-state index contributed by atoms with van der Waals surface area (Å²) < 4.78 is 23.6. The van der Waals surface area contributed by atoms with Crippen LogP contribution in [0.3, 0.4) is 0 Å². The first-order chi connectivity index (χ1) is 21.7. The van der Waals surface area contributed by atoms with E-state index in [1.165, 1.54) is 32.4 Å². The van der Waals surface area contributed by atoms with E-state index >= 15 is 0 Å². The van der Waals surface area contributed by atoms with Gasteiger partial charge in [0.15, 0.2) is 12.4 Å². The van der Waals surface area contributed by atoms with Crippen molar-refractivity contribution in [2.45, 2.75) is 121 Å². The summed E-state index contributed by atoms with van der Waals surface area (Å²) >= 11 is 0. The van der Waals surface area contributed by atoms with Crippen molar-refractivity contribution in [1.29, 1.82) is 0 Å². The maximum Gasteiger partial charge on any atom is 0.335 e. The Bertz CT molecular complexity index is 1360. The van der Waals surface area contributed by atoms with E-state index < -0.39 is 119 Å². The van der Waals surface area contributed by atoms with E-state index in [-0.39, 0.29) is 19.3 Å². The number of Topliss-reactive ketones (excluding diaryl/α,β-unsaturated/α-hetero) is 1. The summed E-state index contributed by atoms with van der Waals surface area (Å²) in [5.74, 6) is -4.89. The lowest BCUT2D eigenvalue weighted by Gasteiger charge is -2.66. The van der Waals surface area contributed by atoms with Crippen molar-refractivity contribution in [3.05, 3.63) is 24.2 Å². The van der Waals surface area contributed by atoms with Crippen LogP contribution in [-0.2, 0) is 28.6 Å². The molecule has 1 aromatic heterocycles. The van der Waals surface area contributed by atoms with Gasteiger partial charge in [-0.2, -0.15) is 0 Å². The number of ketones is 1. The minimum atomic E-state index is -1.84. The summed E-state index contributed by atoms with van der Waals surface area (Å²) in [6.45, 7) is 7.11. The molecule has 8 N–H and O–H groups in total. The van der Waals surface area contributed by atoms with Crippen LogP contribution in [0.2, 0.25) is 0 Å². The molecular weight excluding hydrogens is 624 g/mol. The van der Waals surface area contributed by atoms with Gasteiger partial charge in [0.1, 0.15) is 35.8 Å². The lowest BCUT2D eigenvalue weighted by atomic mass is 9.37. The SMILES string of the molecule is CC(C)(O)C1CC(=O)C2(C)C(CCC(C)(C(OC3OC(CO)C(O)C(O)C3O)c3ccoc3)C23OC3C(=O)O)C1(C)C(O)CC(=O)O. The number of aliphatic hydroxyl groups excluding tert-OH is 5. The first kappa shape index (κ1) is 35.8. The molecule has 0 radical (unpaired) electrons. The number of ether oxygens (including phenoxy) is 3. The second kappa shape index (κ2) is 11.8. The molecule has 3 heterocycles. The molecule has 0 bridgehead atoms. The van der Waals surface area contributed by atoms with Gasteiger partial charge in [-0.1, -0.05) is 13.8 Å². The molecule has 14 unspecified atom stereocenters. The Morgan fingerprint density at radius 2 is 1.77 bits per heavy atom. The molecule has 14 atom stereocenters. The number of fused-ring (bicyclic) bond motifs is 2. The molecule has 15 heteroatoms. The number of hydrogen-bond donors (Lipinski definition) is 8. The lowest BCUT2D eigenvalue weighted by molar-refractivity contribution is -0.328. The quantitative estimate of drug-likeness (QED) is 0.152. The van der Waals surface area contributed by atoms with Crippen molar-refractivity contribution in [3.63, 3.8) is 0 Å². The van der Waals surface area contributed by atoms with Gasteiger partial charge in [0.25, 0.3) is 0 Å². The number of carbonyl (C=O) groups excluding carboxylic acids is 1. The average Bonchev–Trinajstić information content (AvgIpc) is 3.55. The van der Waals surface area contributed by atoms with Crippen LogP contribution in [0, 0.1) is 28.1 Å². The summed E-state index contributed by atoms with van der Waals surface area (Å²) in [5.41, 5.74) is -7.56. The van der Waals surface area contributed by atoms with Crippen molar-refractivity contribution in [3.8, 4) is 0 Å². The molecule has 264 valence electrons. The van der Waals surface area contributed by atoms with E-state index in [1.807, 2.05) is 0 Å². The molecule has 15 nitrogen and oxygen atoms in total. The molecular formula is C32H46O15. The summed E-state index contributed by atoms with van der Waals surface area (Å²) in [6.07, 6.45) is -10.7. The maximum absolute atomic E-state index is 14.6. The van der Waals surface area contributed by atoms with Gasteiger partial charge in [-0.25, -0.2) is 4.79 Å². The highest BCUT2D eigenvalue weighted by molar-refractivity contribution is 5.92. The smallest absolute Gasteiger partial charge is 0.335 e. The molecule has 2 saturated heterocycles. The van der Waals surface area contributed by atoms with Gasteiger partial charge < -0.3 is 59.5 Å². The first-order valence-electron chi connectivity index (χ1n) is 15.8. The van der Waals surface area contributed by atoms with Crippen LogP contribution in [0.1, 0.15) is 72.0 Å². The van der Waals surface area contributed by atoms with E-state index in [9.17, 15) is 55.2 Å². The van der Waals surface area contributed by atoms with E-state index in [0.717, 1.165) is 0 Å². The third-order valence-corrected chi connectivity index (χ3v) is 12.1. The molecule has 5 rings (SSSR count). The summed E-state index contributed by atoms with van der Waals surface area (Å²) in [4.78, 5) is 39.2. The van der Waals surface area contributed by atoms with Gasteiger partial charge in [0.2, 0.25) is 0 Å². The number of carboxylic acids is 2. The summed E-state index contributed by atoms with van der Waals surface area (Å²) in [7, 11) is 0. The Kier molecular flexibility index (Phi) is 9.03. The number of hydrogen-bond acceptors (Lipinski definition) is 13. The van der Waals surface area contributed by atoms with Gasteiger partial charge in [-0.3, -0.25) is 9.59 Å². The fraction of sp³-hybridized carbons (Fsp3) is 0.781. The maximum atomic E-state index is 14.6. The van der Waals surface area contributed by atoms with E-state index in [0.29, 0.717) is 5.56 Å². The molecule has 0 amide bonds. The second-order valence-electron chi connectivity index (χ2n) is 14.9. The predicted octanol–water partition coefficient (Wildman–Crippen LogP) is -0.0162. The highest BCUT2D eigenvalue weighted by Gasteiger charge is 2.86. The predicted molar refractivity (Wildman–Crippen MR) is 156 cm³/mol. The zero-order valence-electron chi connectivity index (χ0n) is 27.0. The van der Waals surface area contributed by atoms with Crippen LogP contribution in [0.15, 0.2) is 23.0 Å². The van der Waals surface area contributed by atoms with Crippen LogP contribution in [0.25, 0.3) is 0 Å². The van der Waals surface area contributed by atoms with Gasteiger partial charge in [-0.15, -0.1) is 0 Å². The standard InChI is InChI=1S/C32H46O15/c1-28(2,43)17-10-19(35)31(5)16(30(17,4)18(34)11-20(36)37)6-8-29(3,32(31)25(47-32)26(41)42)24(14-7-9-44-13-14)46-27-23(40)22(39)21(38)15(12-33)45-27/h7,9,13,15-18,21-25,27,33-34,38-40,43H,6,8,10-12H2,1-5H3,(H,36,37)(H,41,42). The molecule has 2 aliphatic heterocycles.